The van der Waals surface area contributed by atoms with Crippen LogP contribution in [0.25, 0.3) is 11.3 Å². The topological polar surface area (TPSA) is 101 Å². The third kappa shape index (κ3) is 5.60. The van der Waals surface area contributed by atoms with Crippen molar-refractivity contribution in [2.75, 3.05) is 12.0 Å². The zero-order chi connectivity index (χ0) is 19.1. The summed E-state index contributed by atoms with van der Waals surface area (Å²) in [6.45, 7) is -0.358. The van der Waals surface area contributed by atoms with Crippen molar-refractivity contribution in [3.8, 4) is 11.3 Å². The third-order valence-corrected chi connectivity index (χ3v) is 4.44. The van der Waals surface area contributed by atoms with Crippen LogP contribution in [0.3, 0.4) is 0 Å². The third-order valence-electron chi connectivity index (χ3n) is 3.54. The number of hydrogen-bond acceptors (Lipinski definition) is 5. The maximum Gasteiger partial charge on any atom is 0.326 e. The molecule has 0 aliphatic carbocycles. The number of rotatable bonds is 8. The Morgan fingerprint density at radius 3 is 2.58 bits per heavy atom. The van der Waals surface area contributed by atoms with E-state index in [1.165, 1.54) is 17.8 Å². The van der Waals surface area contributed by atoms with Gasteiger partial charge in [0.15, 0.2) is 0 Å². The molecule has 2 rings (SSSR count). The molecule has 9 heteroatoms. The minimum atomic E-state index is -1.11. The van der Waals surface area contributed by atoms with Crippen molar-refractivity contribution >= 4 is 35.2 Å². The second-order valence-electron chi connectivity index (χ2n) is 5.46. The molecule has 2 aromatic rings. The van der Waals surface area contributed by atoms with Crippen LogP contribution in [-0.2, 0) is 16.1 Å². The number of hydrogen-bond donors (Lipinski definition) is 2. The molecule has 1 heterocycles. The van der Waals surface area contributed by atoms with E-state index in [0.29, 0.717) is 22.9 Å². The van der Waals surface area contributed by atoms with E-state index in [-0.39, 0.29) is 6.54 Å². The van der Waals surface area contributed by atoms with Gasteiger partial charge in [-0.1, -0.05) is 23.7 Å². The Bertz CT molecular complexity index is 839. The van der Waals surface area contributed by atoms with Gasteiger partial charge in [0.1, 0.15) is 12.6 Å². The van der Waals surface area contributed by atoms with Crippen molar-refractivity contribution in [2.45, 2.75) is 19.0 Å². The highest BCUT2D eigenvalue weighted by Crippen LogP contribution is 2.18. The lowest BCUT2D eigenvalue weighted by Gasteiger charge is -2.14. The molecule has 0 bridgehead atoms. The van der Waals surface area contributed by atoms with E-state index in [9.17, 15) is 14.4 Å². The summed E-state index contributed by atoms with van der Waals surface area (Å²) in [5.41, 5.74) is 0.798. The van der Waals surface area contributed by atoms with E-state index in [1.54, 1.807) is 30.3 Å². The molecule has 0 unspecified atom stereocenters. The highest BCUT2D eigenvalue weighted by Gasteiger charge is 2.20. The Hall–Kier alpha value is -2.32. The number of amides is 1. The van der Waals surface area contributed by atoms with Crippen molar-refractivity contribution in [3.05, 3.63) is 51.8 Å². The number of benzene rings is 1. The van der Waals surface area contributed by atoms with Gasteiger partial charge in [0.05, 0.1) is 5.69 Å². The van der Waals surface area contributed by atoms with Gasteiger partial charge in [0.25, 0.3) is 5.56 Å². The van der Waals surface area contributed by atoms with Crippen LogP contribution in [-0.4, -0.2) is 44.8 Å². The lowest BCUT2D eigenvalue weighted by atomic mass is 10.1. The molecule has 1 atom stereocenters. The van der Waals surface area contributed by atoms with Crippen LogP contribution in [0.15, 0.2) is 41.2 Å². The van der Waals surface area contributed by atoms with Gasteiger partial charge in [-0.15, -0.1) is 0 Å². The van der Waals surface area contributed by atoms with Crippen LogP contribution >= 0.6 is 23.4 Å². The SMILES string of the molecule is CSCC[C@@H](NC(=O)Cn1nc(-c2ccc(Cl)cc2)ccc1=O)C(=O)O. The van der Waals surface area contributed by atoms with E-state index < -0.39 is 23.5 Å². The van der Waals surface area contributed by atoms with E-state index in [1.807, 2.05) is 6.26 Å². The number of nitrogens with one attached hydrogen (secondary N) is 1. The van der Waals surface area contributed by atoms with Crippen LogP contribution in [0.1, 0.15) is 6.42 Å². The lowest BCUT2D eigenvalue weighted by Crippen LogP contribution is -2.44. The summed E-state index contributed by atoms with van der Waals surface area (Å²) in [6, 6.07) is 8.77. The number of carbonyl (C=O) groups is 2. The van der Waals surface area contributed by atoms with Crippen LogP contribution in [0, 0.1) is 0 Å². The number of nitrogens with zero attached hydrogens (tertiary/aromatic N) is 2. The summed E-state index contributed by atoms with van der Waals surface area (Å²) in [5, 5.41) is 16.3. The number of aliphatic carboxylic acids is 1. The average Bonchev–Trinajstić information content (AvgIpc) is 2.61. The van der Waals surface area contributed by atoms with Crippen molar-refractivity contribution in [2.24, 2.45) is 0 Å². The van der Waals surface area contributed by atoms with Crippen LogP contribution < -0.4 is 10.9 Å². The van der Waals surface area contributed by atoms with E-state index >= 15 is 0 Å². The first-order chi connectivity index (χ1) is 12.4. The monoisotopic (exact) mass is 395 g/mol. The fraction of sp³-hybridized carbons (Fsp3) is 0.294. The molecule has 0 saturated carbocycles. The zero-order valence-corrected chi connectivity index (χ0v) is 15.6. The molecule has 1 aromatic heterocycles. The van der Waals surface area contributed by atoms with E-state index in [4.69, 9.17) is 16.7 Å². The van der Waals surface area contributed by atoms with Gasteiger partial charge in [-0.2, -0.15) is 16.9 Å². The standard InChI is InChI=1S/C17H18ClN3O4S/c1-26-9-8-14(17(24)25)19-15(22)10-21-16(23)7-6-13(20-21)11-2-4-12(18)5-3-11/h2-7,14H,8-10H2,1H3,(H,19,22)(H,24,25)/t14-/m1/s1. The molecule has 0 saturated heterocycles. The molecule has 0 aliphatic rings. The normalized spacial score (nSPS) is 11.8. The van der Waals surface area contributed by atoms with Crippen LogP contribution in [0.2, 0.25) is 5.02 Å². The summed E-state index contributed by atoms with van der Waals surface area (Å²) in [5.74, 6) is -1.09. The van der Waals surface area contributed by atoms with Crippen LogP contribution in [0.5, 0.6) is 0 Å². The summed E-state index contributed by atoms with van der Waals surface area (Å²) in [4.78, 5) is 35.3. The number of carboxylic acids is 1. The number of thioether (sulfide) groups is 1. The maximum absolute atomic E-state index is 12.1. The summed E-state index contributed by atoms with van der Waals surface area (Å²) in [7, 11) is 0. The quantitative estimate of drug-likeness (QED) is 0.707. The second-order valence-corrected chi connectivity index (χ2v) is 6.88. The number of aromatic nitrogens is 2. The smallest absolute Gasteiger partial charge is 0.326 e. The van der Waals surface area contributed by atoms with Gasteiger partial charge >= 0.3 is 5.97 Å². The van der Waals surface area contributed by atoms with Crippen LogP contribution in [0.4, 0.5) is 0 Å². The minimum absolute atomic E-state index is 0.301. The number of carbonyl (C=O) groups excluding carboxylic acids is 1. The molecule has 0 radical (unpaired) electrons. The molecule has 1 amide bonds. The fourth-order valence-corrected chi connectivity index (χ4v) is 2.80. The Morgan fingerprint density at radius 2 is 1.96 bits per heavy atom. The fourth-order valence-electron chi connectivity index (χ4n) is 2.21. The van der Waals surface area contributed by atoms with Crippen molar-refractivity contribution < 1.29 is 14.7 Å². The van der Waals surface area contributed by atoms with Crippen molar-refractivity contribution in [3.63, 3.8) is 0 Å². The summed E-state index contributed by atoms with van der Waals surface area (Å²) in [6.07, 6.45) is 2.15. The lowest BCUT2D eigenvalue weighted by molar-refractivity contribution is -0.142. The summed E-state index contributed by atoms with van der Waals surface area (Å²) < 4.78 is 1.01. The predicted molar refractivity (Wildman–Crippen MR) is 102 cm³/mol. The first-order valence-corrected chi connectivity index (χ1v) is 9.53. The first-order valence-electron chi connectivity index (χ1n) is 7.76. The number of carboxylic acid groups (broad SMARTS) is 1. The first kappa shape index (κ1) is 20.0. The molecule has 2 N–H and O–H groups in total. The van der Waals surface area contributed by atoms with Gasteiger partial charge < -0.3 is 10.4 Å². The largest absolute Gasteiger partial charge is 0.480 e. The Balaban J connectivity index is 2.14. The molecule has 26 heavy (non-hydrogen) atoms. The molecule has 138 valence electrons. The second kappa shape index (κ2) is 9.40. The maximum atomic E-state index is 12.1. The van der Waals surface area contributed by atoms with Gasteiger partial charge in [-0.3, -0.25) is 9.59 Å². The number of halogens is 1. The minimum Gasteiger partial charge on any atom is -0.480 e. The molecule has 0 spiro atoms. The van der Waals surface area contributed by atoms with Crippen molar-refractivity contribution in [1.82, 2.24) is 15.1 Å². The van der Waals surface area contributed by atoms with Gasteiger partial charge in [0.2, 0.25) is 5.91 Å². The van der Waals surface area contributed by atoms with Gasteiger partial charge in [-0.05, 0) is 36.6 Å². The Kier molecular flexibility index (Phi) is 7.23. The van der Waals surface area contributed by atoms with E-state index in [2.05, 4.69) is 10.4 Å². The summed E-state index contributed by atoms with van der Waals surface area (Å²) >= 11 is 7.35. The Morgan fingerprint density at radius 1 is 1.27 bits per heavy atom. The molecule has 0 aliphatic heterocycles. The van der Waals surface area contributed by atoms with Crippen molar-refractivity contribution in [1.29, 1.82) is 0 Å². The highest BCUT2D eigenvalue weighted by atomic mass is 35.5. The highest BCUT2D eigenvalue weighted by molar-refractivity contribution is 7.98. The molecule has 0 fully saturated rings. The molecular weight excluding hydrogens is 378 g/mol. The molecule has 7 nitrogen and oxygen atoms in total. The van der Waals surface area contributed by atoms with Gasteiger partial charge in [-0.25, -0.2) is 9.48 Å². The molecule has 1 aromatic carbocycles. The van der Waals surface area contributed by atoms with Gasteiger partial charge in [0, 0.05) is 16.7 Å². The zero-order valence-electron chi connectivity index (χ0n) is 14.0. The Labute approximate surface area is 159 Å². The van der Waals surface area contributed by atoms with E-state index in [0.717, 1.165) is 10.2 Å². The molecular formula is C17H18ClN3O4S. The predicted octanol–water partition coefficient (Wildman–Crippen LogP) is 1.89. The average molecular weight is 396 g/mol.